The molecule has 0 atom stereocenters. The van der Waals surface area contributed by atoms with Crippen molar-refractivity contribution in [2.45, 2.75) is 32.2 Å². The summed E-state index contributed by atoms with van der Waals surface area (Å²) in [7, 11) is 0. The summed E-state index contributed by atoms with van der Waals surface area (Å²) < 4.78 is 0. The molecule has 86 valence electrons. The van der Waals surface area contributed by atoms with Gasteiger partial charge < -0.3 is 10.6 Å². The first kappa shape index (κ1) is 11.0. The molecule has 0 aliphatic heterocycles. The highest BCUT2D eigenvalue weighted by Gasteiger charge is 2.29. The van der Waals surface area contributed by atoms with Crippen molar-refractivity contribution in [2.24, 2.45) is 10.7 Å². The second kappa shape index (κ2) is 5.01. The molecule has 3 nitrogen and oxygen atoms in total. The van der Waals surface area contributed by atoms with Crippen LogP contribution in [-0.4, -0.2) is 23.4 Å². The molecule has 0 amide bonds. The fourth-order valence-electron chi connectivity index (χ4n) is 1.81. The van der Waals surface area contributed by atoms with Crippen LogP contribution in [0.3, 0.4) is 0 Å². The van der Waals surface area contributed by atoms with Gasteiger partial charge in [0.1, 0.15) is 0 Å². The van der Waals surface area contributed by atoms with Gasteiger partial charge in [0, 0.05) is 12.6 Å². The minimum atomic E-state index is 0.632. The van der Waals surface area contributed by atoms with E-state index in [1.807, 2.05) is 30.3 Å². The van der Waals surface area contributed by atoms with Gasteiger partial charge in [0.2, 0.25) is 0 Å². The molecule has 2 N–H and O–H groups in total. The molecule has 0 unspecified atom stereocenters. The zero-order valence-corrected chi connectivity index (χ0v) is 9.76. The number of hydrogen-bond acceptors (Lipinski definition) is 1. The summed E-state index contributed by atoms with van der Waals surface area (Å²) in [5.41, 5.74) is 6.99. The van der Waals surface area contributed by atoms with E-state index in [1.54, 1.807) is 0 Å². The Morgan fingerprint density at radius 1 is 1.38 bits per heavy atom. The smallest absolute Gasteiger partial charge is 0.196 e. The zero-order valence-electron chi connectivity index (χ0n) is 9.76. The largest absolute Gasteiger partial charge is 0.369 e. The molecular weight excluding hydrogens is 198 g/mol. The summed E-state index contributed by atoms with van der Waals surface area (Å²) in [6.07, 6.45) is 3.62. The SMILES string of the molecule is CCCN(C(N)=Nc1ccccc1)C1CC1. The summed E-state index contributed by atoms with van der Waals surface area (Å²) in [5.74, 6) is 0.663. The van der Waals surface area contributed by atoms with Crippen molar-refractivity contribution in [3.63, 3.8) is 0 Å². The van der Waals surface area contributed by atoms with Crippen LogP contribution < -0.4 is 5.73 Å². The van der Waals surface area contributed by atoms with E-state index in [-0.39, 0.29) is 0 Å². The molecule has 2 rings (SSSR count). The number of para-hydroxylation sites is 1. The Labute approximate surface area is 97.0 Å². The molecule has 1 fully saturated rings. The van der Waals surface area contributed by atoms with Gasteiger partial charge in [0.05, 0.1) is 5.69 Å². The lowest BCUT2D eigenvalue weighted by Crippen LogP contribution is -2.39. The lowest BCUT2D eigenvalue weighted by Gasteiger charge is -2.22. The van der Waals surface area contributed by atoms with Crippen LogP contribution in [0.4, 0.5) is 5.69 Å². The van der Waals surface area contributed by atoms with E-state index in [1.165, 1.54) is 12.8 Å². The summed E-state index contributed by atoms with van der Waals surface area (Å²) in [6.45, 7) is 3.18. The predicted octanol–water partition coefficient (Wildman–Crippen LogP) is 2.51. The third-order valence-corrected chi connectivity index (χ3v) is 2.75. The number of rotatable bonds is 4. The minimum Gasteiger partial charge on any atom is -0.369 e. The van der Waals surface area contributed by atoms with Crippen LogP contribution in [0.2, 0.25) is 0 Å². The van der Waals surface area contributed by atoms with Crippen molar-refractivity contribution in [1.82, 2.24) is 4.90 Å². The average molecular weight is 217 g/mol. The zero-order chi connectivity index (χ0) is 11.4. The Balaban J connectivity index is 2.09. The standard InChI is InChI=1S/C13H19N3/c1-2-10-16(12-8-9-12)13(14)15-11-6-4-3-5-7-11/h3-7,12H,2,8-10H2,1H3,(H2,14,15). The van der Waals surface area contributed by atoms with E-state index in [9.17, 15) is 0 Å². The summed E-state index contributed by atoms with van der Waals surface area (Å²) in [5, 5.41) is 0. The summed E-state index contributed by atoms with van der Waals surface area (Å²) >= 11 is 0. The van der Waals surface area contributed by atoms with Gasteiger partial charge in [-0.05, 0) is 31.4 Å². The van der Waals surface area contributed by atoms with Crippen LogP contribution >= 0.6 is 0 Å². The van der Waals surface area contributed by atoms with Crippen LogP contribution in [0.15, 0.2) is 35.3 Å². The van der Waals surface area contributed by atoms with Crippen molar-refractivity contribution >= 4 is 11.6 Å². The maximum atomic E-state index is 6.05. The van der Waals surface area contributed by atoms with Crippen molar-refractivity contribution in [3.05, 3.63) is 30.3 Å². The fourth-order valence-corrected chi connectivity index (χ4v) is 1.81. The van der Waals surface area contributed by atoms with Gasteiger partial charge in [0.15, 0.2) is 5.96 Å². The van der Waals surface area contributed by atoms with E-state index < -0.39 is 0 Å². The first-order valence-corrected chi connectivity index (χ1v) is 5.97. The maximum absolute atomic E-state index is 6.05. The van der Waals surface area contributed by atoms with Gasteiger partial charge >= 0.3 is 0 Å². The second-order valence-corrected chi connectivity index (χ2v) is 4.23. The molecule has 1 aromatic carbocycles. The number of nitrogens with two attached hydrogens (primary N) is 1. The van der Waals surface area contributed by atoms with E-state index in [0.29, 0.717) is 12.0 Å². The van der Waals surface area contributed by atoms with Crippen molar-refractivity contribution in [2.75, 3.05) is 6.54 Å². The quantitative estimate of drug-likeness (QED) is 0.622. The monoisotopic (exact) mass is 217 g/mol. The predicted molar refractivity (Wildman–Crippen MR) is 67.7 cm³/mol. The highest BCUT2D eigenvalue weighted by atomic mass is 15.3. The Bertz CT molecular complexity index is 355. The van der Waals surface area contributed by atoms with Crippen LogP contribution in [0.25, 0.3) is 0 Å². The van der Waals surface area contributed by atoms with E-state index in [4.69, 9.17) is 5.73 Å². The normalized spacial score (nSPS) is 16.2. The molecule has 1 aromatic rings. The molecule has 0 radical (unpaired) electrons. The van der Waals surface area contributed by atoms with Crippen molar-refractivity contribution in [1.29, 1.82) is 0 Å². The van der Waals surface area contributed by atoms with Gasteiger partial charge in [-0.2, -0.15) is 0 Å². The van der Waals surface area contributed by atoms with Gasteiger partial charge in [0.25, 0.3) is 0 Å². The number of guanidine groups is 1. The number of benzene rings is 1. The number of nitrogens with zero attached hydrogens (tertiary/aromatic N) is 2. The highest BCUT2D eigenvalue weighted by molar-refractivity contribution is 5.81. The average Bonchev–Trinajstić information content (AvgIpc) is 3.11. The van der Waals surface area contributed by atoms with Crippen molar-refractivity contribution < 1.29 is 0 Å². The Hall–Kier alpha value is -1.51. The number of aliphatic imine (C=N–C) groups is 1. The highest BCUT2D eigenvalue weighted by Crippen LogP contribution is 2.27. The van der Waals surface area contributed by atoms with Crippen LogP contribution in [0.1, 0.15) is 26.2 Å². The Kier molecular flexibility index (Phi) is 3.44. The van der Waals surface area contributed by atoms with E-state index in [0.717, 1.165) is 18.7 Å². The lowest BCUT2D eigenvalue weighted by atomic mass is 10.3. The summed E-state index contributed by atoms with van der Waals surface area (Å²) in [4.78, 5) is 6.69. The molecule has 0 saturated heterocycles. The first-order chi connectivity index (χ1) is 7.81. The molecule has 0 heterocycles. The first-order valence-electron chi connectivity index (χ1n) is 5.97. The van der Waals surface area contributed by atoms with Gasteiger partial charge in [-0.25, -0.2) is 4.99 Å². The molecule has 3 heteroatoms. The molecule has 0 aromatic heterocycles. The van der Waals surface area contributed by atoms with E-state index in [2.05, 4.69) is 16.8 Å². The molecule has 0 bridgehead atoms. The van der Waals surface area contributed by atoms with Crippen LogP contribution in [0.5, 0.6) is 0 Å². The molecule has 16 heavy (non-hydrogen) atoms. The van der Waals surface area contributed by atoms with Gasteiger partial charge in [-0.3, -0.25) is 0 Å². The molecular formula is C13H19N3. The molecule has 1 aliphatic carbocycles. The third-order valence-electron chi connectivity index (χ3n) is 2.75. The molecule has 1 saturated carbocycles. The number of hydrogen-bond donors (Lipinski definition) is 1. The van der Waals surface area contributed by atoms with E-state index >= 15 is 0 Å². The Morgan fingerprint density at radius 2 is 2.06 bits per heavy atom. The molecule has 1 aliphatic rings. The van der Waals surface area contributed by atoms with Gasteiger partial charge in [-0.1, -0.05) is 25.1 Å². The fraction of sp³-hybridized carbons (Fsp3) is 0.462. The molecule has 0 spiro atoms. The van der Waals surface area contributed by atoms with Gasteiger partial charge in [-0.15, -0.1) is 0 Å². The maximum Gasteiger partial charge on any atom is 0.196 e. The summed E-state index contributed by atoms with van der Waals surface area (Å²) in [6, 6.07) is 10.5. The second-order valence-electron chi connectivity index (χ2n) is 4.23. The minimum absolute atomic E-state index is 0.632. The van der Waals surface area contributed by atoms with Crippen molar-refractivity contribution in [3.8, 4) is 0 Å². The third kappa shape index (κ3) is 2.75. The Morgan fingerprint density at radius 3 is 2.62 bits per heavy atom. The van der Waals surface area contributed by atoms with Crippen LogP contribution in [-0.2, 0) is 0 Å². The lowest BCUT2D eigenvalue weighted by molar-refractivity contribution is 0.404. The van der Waals surface area contributed by atoms with Crippen LogP contribution in [0, 0.1) is 0 Å². The topological polar surface area (TPSA) is 41.6 Å².